The third-order valence-electron chi connectivity index (χ3n) is 4.95. The lowest BCUT2D eigenvalue weighted by Crippen LogP contribution is -2.33. The Bertz CT molecular complexity index is 946. The molecule has 2 aliphatic rings. The summed E-state index contributed by atoms with van der Waals surface area (Å²) in [4.78, 5) is 27.9. The van der Waals surface area contributed by atoms with Gasteiger partial charge >= 0.3 is 0 Å². The van der Waals surface area contributed by atoms with Crippen molar-refractivity contribution in [3.63, 3.8) is 0 Å². The second-order valence-electron chi connectivity index (χ2n) is 6.81. The maximum atomic E-state index is 12.9. The summed E-state index contributed by atoms with van der Waals surface area (Å²) in [6.07, 6.45) is 8.99. The summed E-state index contributed by atoms with van der Waals surface area (Å²) in [5.74, 6) is 0.872. The van der Waals surface area contributed by atoms with Crippen molar-refractivity contribution in [1.29, 1.82) is 0 Å². The summed E-state index contributed by atoms with van der Waals surface area (Å²) >= 11 is 0. The van der Waals surface area contributed by atoms with E-state index in [1.54, 1.807) is 35.4 Å². The van der Waals surface area contributed by atoms with Gasteiger partial charge in [0.25, 0.3) is 5.91 Å². The number of fused-ring (bicyclic) bond motifs is 2. The largest absolute Gasteiger partial charge is 0.367 e. The van der Waals surface area contributed by atoms with E-state index >= 15 is 0 Å². The first-order valence-corrected chi connectivity index (χ1v) is 8.97. The summed E-state index contributed by atoms with van der Waals surface area (Å²) in [6.45, 7) is 1.27. The molecule has 0 radical (unpaired) electrons. The van der Waals surface area contributed by atoms with Crippen LogP contribution in [0, 0.1) is 0 Å². The zero-order valence-electron chi connectivity index (χ0n) is 14.3. The number of carbonyl (C=O) groups is 1. The molecule has 0 atom stereocenters. The molecule has 8 nitrogen and oxygen atoms in total. The third-order valence-corrected chi connectivity index (χ3v) is 4.95. The molecule has 4 heterocycles. The van der Waals surface area contributed by atoms with Crippen molar-refractivity contribution in [3.05, 3.63) is 47.8 Å². The first-order valence-electron chi connectivity index (χ1n) is 8.97. The molecule has 1 amide bonds. The summed E-state index contributed by atoms with van der Waals surface area (Å²) in [7, 11) is 0. The summed E-state index contributed by atoms with van der Waals surface area (Å²) in [6, 6.07) is 4.07. The molecule has 0 saturated heterocycles. The fraction of sp³-hybridized carbons (Fsp3) is 0.389. The molecule has 0 spiro atoms. The summed E-state index contributed by atoms with van der Waals surface area (Å²) in [5, 5.41) is 7.84. The third kappa shape index (κ3) is 2.77. The average molecular weight is 349 g/mol. The molecule has 1 aliphatic heterocycles. The van der Waals surface area contributed by atoms with Crippen LogP contribution in [0.1, 0.15) is 34.6 Å². The molecule has 26 heavy (non-hydrogen) atoms. The van der Waals surface area contributed by atoms with Gasteiger partial charge in [0.2, 0.25) is 0 Å². The van der Waals surface area contributed by atoms with E-state index in [9.17, 15) is 4.79 Å². The SMILES string of the molecule is O=C(c1cc2ncccn2n1)N1CCc2ncnc(NC3CC3)c2CC1. The van der Waals surface area contributed by atoms with Crippen LogP contribution in [0.2, 0.25) is 0 Å². The van der Waals surface area contributed by atoms with Crippen LogP contribution in [0.4, 0.5) is 5.82 Å². The van der Waals surface area contributed by atoms with Crippen molar-refractivity contribution in [2.75, 3.05) is 18.4 Å². The van der Waals surface area contributed by atoms with Gasteiger partial charge in [0.05, 0.1) is 5.69 Å². The first kappa shape index (κ1) is 15.2. The highest BCUT2D eigenvalue weighted by atomic mass is 16.2. The number of hydrogen-bond donors (Lipinski definition) is 1. The standard InChI is InChI=1S/C18H19N7O/c26-18(15-10-16-19-6-1-7-25(16)23-15)24-8-4-13-14(5-9-24)20-11-21-17(13)22-12-2-3-12/h1,6-7,10-12H,2-5,8-9H2,(H,20,21,22). The van der Waals surface area contributed by atoms with Crippen molar-refractivity contribution < 1.29 is 4.79 Å². The van der Waals surface area contributed by atoms with Gasteiger partial charge in [0.15, 0.2) is 11.3 Å². The van der Waals surface area contributed by atoms with Gasteiger partial charge in [-0.3, -0.25) is 4.79 Å². The van der Waals surface area contributed by atoms with E-state index in [-0.39, 0.29) is 5.91 Å². The van der Waals surface area contributed by atoms with Crippen LogP contribution in [0.3, 0.4) is 0 Å². The number of nitrogens with zero attached hydrogens (tertiary/aromatic N) is 6. The molecule has 1 saturated carbocycles. The van der Waals surface area contributed by atoms with Gasteiger partial charge in [-0.2, -0.15) is 5.10 Å². The van der Waals surface area contributed by atoms with Crippen molar-refractivity contribution >= 4 is 17.4 Å². The number of rotatable bonds is 3. The minimum Gasteiger partial charge on any atom is -0.367 e. The van der Waals surface area contributed by atoms with Crippen LogP contribution >= 0.6 is 0 Å². The topological polar surface area (TPSA) is 88.3 Å². The molecule has 0 unspecified atom stereocenters. The van der Waals surface area contributed by atoms with Crippen LogP contribution < -0.4 is 5.32 Å². The molecule has 5 rings (SSSR count). The predicted molar refractivity (Wildman–Crippen MR) is 95.0 cm³/mol. The zero-order valence-corrected chi connectivity index (χ0v) is 14.3. The lowest BCUT2D eigenvalue weighted by atomic mass is 10.1. The number of hydrogen-bond acceptors (Lipinski definition) is 6. The van der Waals surface area contributed by atoms with E-state index in [1.165, 1.54) is 12.8 Å². The van der Waals surface area contributed by atoms with Crippen molar-refractivity contribution in [2.45, 2.75) is 31.7 Å². The Morgan fingerprint density at radius 1 is 1.15 bits per heavy atom. The van der Waals surface area contributed by atoms with Crippen molar-refractivity contribution in [3.8, 4) is 0 Å². The predicted octanol–water partition coefficient (Wildman–Crippen LogP) is 1.33. The lowest BCUT2D eigenvalue weighted by Gasteiger charge is -2.18. The van der Waals surface area contributed by atoms with Crippen molar-refractivity contribution in [2.24, 2.45) is 0 Å². The van der Waals surface area contributed by atoms with E-state index < -0.39 is 0 Å². The van der Waals surface area contributed by atoms with Crippen molar-refractivity contribution in [1.82, 2.24) is 29.5 Å². The molecule has 1 fully saturated rings. The maximum Gasteiger partial charge on any atom is 0.274 e. The van der Waals surface area contributed by atoms with Gasteiger partial charge in [0, 0.05) is 49.6 Å². The molecule has 3 aromatic rings. The van der Waals surface area contributed by atoms with Gasteiger partial charge in [-0.25, -0.2) is 19.5 Å². The Balaban J connectivity index is 1.37. The van der Waals surface area contributed by atoms with Gasteiger partial charge in [-0.05, 0) is 25.3 Å². The fourth-order valence-corrected chi connectivity index (χ4v) is 3.37. The number of nitrogens with one attached hydrogen (secondary N) is 1. The Kier molecular flexibility index (Phi) is 3.55. The van der Waals surface area contributed by atoms with E-state index in [1.807, 2.05) is 4.90 Å². The average Bonchev–Trinajstić information content (AvgIpc) is 3.41. The van der Waals surface area contributed by atoms with Crippen LogP contribution in [0.25, 0.3) is 5.65 Å². The molecule has 1 aliphatic carbocycles. The number of carbonyl (C=O) groups excluding carboxylic acids is 1. The second-order valence-corrected chi connectivity index (χ2v) is 6.81. The van der Waals surface area contributed by atoms with Gasteiger partial charge in [-0.1, -0.05) is 0 Å². The monoisotopic (exact) mass is 349 g/mol. The molecule has 1 N–H and O–H groups in total. The molecule has 8 heteroatoms. The highest BCUT2D eigenvalue weighted by Crippen LogP contribution is 2.28. The molecule has 3 aromatic heterocycles. The number of anilines is 1. The minimum absolute atomic E-state index is 0.0621. The Hall–Kier alpha value is -3.03. The highest BCUT2D eigenvalue weighted by molar-refractivity contribution is 5.93. The molecule has 0 bridgehead atoms. The first-order chi connectivity index (χ1) is 12.8. The second kappa shape index (κ2) is 6.05. The normalized spacial score (nSPS) is 17.0. The number of amides is 1. The maximum absolute atomic E-state index is 12.9. The van der Waals surface area contributed by atoms with E-state index in [4.69, 9.17) is 0 Å². The van der Waals surface area contributed by atoms with Crippen LogP contribution in [-0.2, 0) is 12.8 Å². The molecular formula is C18H19N7O. The smallest absolute Gasteiger partial charge is 0.274 e. The number of aromatic nitrogens is 5. The zero-order chi connectivity index (χ0) is 17.5. The lowest BCUT2D eigenvalue weighted by molar-refractivity contribution is 0.0756. The minimum atomic E-state index is -0.0621. The van der Waals surface area contributed by atoms with E-state index in [0.29, 0.717) is 30.5 Å². The van der Waals surface area contributed by atoms with Crippen LogP contribution in [0.15, 0.2) is 30.9 Å². The van der Waals surface area contributed by atoms with Gasteiger partial charge in [-0.15, -0.1) is 0 Å². The van der Waals surface area contributed by atoms with Gasteiger partial charge in [0.1, 0.15) is 12.1 Å². The van der Waals surface area contributed by atoms with E-state index in [2.05, 4.69) is 25.4 Å². The Morgan fingerprint density at radius 3 is 2.88 bits per heavy atom. The van der Waals surface area contributed by atoms with Crippen LogP contribution in [-0.4, -0.2) is 54.5 Å². The summed E-state index contributed by atoms with van der Waals surface area (Å²) < 4.78 is 1.63. The molecule has 0 aromatic carbocycles. The summed E-state index contributed by atoms with van der Waals surface area (Å²) in [5.41, 5.74) is 3.29. The Labute approximate surface area is 150 Å². The van der Waals surface area contributed by atoms with Crippen LogP contribution in [0.5, 0.6) is 0 Å². The quantitative estimate of drug-likeness (QED) is 0.768. The Morgan fingerprint density at radius 2 is 2.04 bits per heavy atom. The highest BCUT2D eigenvalue weighted by Gasteiger charge is 2.27. The van der Waals surface area contributed by atoms with Gasteiger partial charge < -0.3 is 10.2 Å². The fourth-order valence-electron chi connectivity index (χ4n) is 3.37. The molecular weight excluding hydrogens is 330 g/mol. The van der Waals surface area contributed by atoms with E-state index in [0.717, 1.165) is 29.9 Å². The molecule has 132 valence electrons.